The third kappa shape index (κ3) is 3.96. The molecule has 0 radical (unpaired) electrons. The van der Waals surface area contributed by atoms with Gasteiger partial charge in [-0.3, -0.25) is 9.59 Å². The lowest BCUT2D eigenvalue weighted by Gasteiger charge is -2.09. The zero-order valence-electron chi connectivity index (χ0n) is 17.3. The molecular weight excluding hydrogens is 418 g/mol. The first-order valence-electron chi connectivity index (χ1n) is 10.1. The minimum atomic E-state index is -0.721. The number of benzene rings is 4. The van der Waals surface area contributed by atoms with E-state index in [1.54, 1.807) is 29.5 Å². The number of fused-ring (bicyclic) bond motifs is 2. The van der Waals surface area contributed by atoms with Crippen molar-refractivity contribution in [2.45, 2.75) is 6.92 Å². The number of nitrogens with one attached hydrogen (secondary N) is 2. The van der Waals surface area contributed by atoms with Gasteiger partial charge in [0.05, 0.1) is 10.2 Å². The number of anilines is 2. The Bertz CT molecular complexity index is 1470. The van der Waals surface area contributed by atoms with Crippen molar-refractivity contribution in [2.75, 3.05) is 10.6 Å². The number of aromatic nitrogens is 1. The molecule has 1 aromatic heterocycles. The van der Waals surface area contributed by atoms with Crippen molar-refractivity contribution in [2.24, 2.45) is 0 Å². The highest BCUT2D eigenvalue weighted by Gasteiger charge is 2.15. The SMILES string of the molecule is Cc1ccc2nc(-c3ccc(NC(=O)C(=O)Nc4cccc5ccccc45)cc3)sc2c1. The van der Waals surface area contributed by atoms with Gasteiger partial charge < -0.3 is 10.6 Å². The van der Waals surface area contributed by atoms with Gasteiger partial charge in [0.15, 0.2) is 0 Å². The molecule has 5 nitrogen and oxygen atoms in total. The van der Waals surface area contributed by atoms with Crippen LogP contribution in [-0.4, -0.2) is 16.8 Å². The lowest BCUT2D eigenvalue weighted by Crippen LogP contribution is -2.29. The Hall–Kier alpha value is -4.03. The Morgan fingerprint density at radius 3 is 2.41 bits per heavy atom. The van der Waals surface area contributed by atoms with Crippen molar-refractivity contribution >= 4 is 55.5 Å². The zero-order valence-corrected chi connectivity index (χ0v) is 18.1. The van der Waals surface area contributed by atoms with Crippen LogP contribution in [0.1, 0.15) is 5.56 Å². The van der Waals surface area contributed by atoms with E-state index in [1.165, 1.54) is 5.56 Å². The van der Waals surface area contributed by atoms with E-state index in [2.05, 4.69) is 28.6 Å². The topological polar surface area (TPSA) is 71.1 Å². The minimum absolute atomic E-state index is 0.545. The lowest BCUT2D eigenvalue weighted by molar-refractivity contribution is -0.132. The molecule has 0 saturated heterocycles. The predicted molar refractivity (Wildman–Crippen MR) is 131 cm³/mol. The van der Waals surface area contributed by atoms with Crippen LogP contribution in [0.4, 0.5) is 11.4 Å². The fourth-order valence-electron chi connectivity index (χ4n) is 3.55. The highest BCUT2D eigenvalue weighted by molar-refractivity contribution is 7.21. The first kappa shape index (κ1) is 19.9. The maximum atomic E-state index is 12.4. The summed E-state index contributed by atoms with van der Waals surface area (Å²) in [6, 6.07) is 26.8. The Balaban J connectivity index is 1.29. The molecule has 2 amide bonds. The van der Waals surface area contributed by atoms with Crippen LogP contribution in [0.5, 0.6) is 0 Å². The van der Waals surface area contributed by atoms with Crippen LogP contribution in [0.3, 0.4) is 0 Å². The molecule has 0 aliphatic rings. The second kappa shape index (κ2) is 8.24. The molecule has 0 unspecified atom stereocenters. The normalized spacial score (nSPS) is 10.9. The number of carbonyl (C=O) groups excluding carboxylic acids is 2. The van der Waals surface area contributed by atoms with Crippen LogP contribution in [0.2, 0.25) is 0 Å². The average Bonchev–Trinajstić information content (AvgIpc) is 3.23. The summed E-state index contributed by atoms with van der Waals surface area (Å²) < 4.78 is 1.14. The van der Waals surface area contributed by atoms with Gasteiger partial charge in [-0.15, -0.1) is 11.3 Å². The number of aryl methyl sites for hydroxylation is 1. The molecule has 0 atom stereocenters. The summed E-state index contributed by atoms with van der Waals surface area (Å²) in [5.41, 5.74) is 4.28. The molecule has 0 fully saturated rings. The fourth-order valence-corrected chi connectivity index (χ4v) is 4.62. The van der Waals surface area contributed by atoms with Crippen LogP contribution in [0, 0.1) is 6.92 Å². The molecule has 32 heavy (non-hydrogen) atoms. The van der Waals surface area contributed by atoms with Gasteiger partial charge in [-0.1, -0.05) is 42.5 Å². The molecule has 0 aliphatic heterocycles. The number of thiazole rings is 1. The highest BCUT2D eigenvalue weighted by atomic mass is 32.1. The van der Waals surface area contributed by atoms with Crippen LogP contribution in [-0.2, 0) is 9.59 Å². The van der Waals surface area contributed by atoms with Crippen molar-refractivity contribution in [3.63, 3.8) is 0 Å². The van der Waals surface area contributed by atoms with Gasteiger partial charge in [-0.2, -0.15) is 0 Å². The van der Waals surface area contributed by atoms with Crippen molar-refractivity contribution in [1.29, 1.82) is 0 Å². The van der Waals surface area contributed by atoms with E-state index in [1.807, 2.05) is 60.7 Å². The van der Waals surface area contributed by atoms with Crippen LogP contribution < -0.4 is 10.6 Å². The quantitative estimate of drug-likeness (QED) is 0.340. The summed E-state index contributed by atoms with van der Waals surface area (Å²) in [6.07, 6.45) is 0. The second-order valence-corrected chi connectivity index (χ2v) is 8.53. The largest absolute Gasteiger partial charge is 0.318 e. The molecule has 1 heterocycles. The van der Waals surface area contributed by atoms with E-state index in [4.69, 9.17) is 0 Å². The van der Waals surface area contributed by atoms with Gasteiger partial charge >= 0.3 is 11.8 Å². The molecule has 4 aromatic carbocycles. The smallest absolute Gasteiger partial charge is 0.314 e. The zero-order chi connectivity index (χ0) is 22.1. The standard InChI is InChI=1S/C26H19N3O2S/c1-16-9-14-22-23(15-16)32-26(29-22)18-10-12-19(13-11-18)27-24(30)25(31)28-21-8-4-6-17-5-2-3-7-20(17)21/h2-15H,1H3,(H,27,30)(H,28,31). The summed E-state index contributed by atoms with van der Waals surface area (Å²) in [4.78, 5) is 29.5. The number of amides is 2. The average molecular weight is 438 g/mol. The van der Waals surface area contributed by atoms with Gasteiger partial charge in [0.25, 0.3) is 0 Å². The van der Waals surface area contributed by atoms with E-state index in [0.29, 0.717) is 11.4 Å². The van der Waals surface area contributed by atoms with Gasteiger partial charge in [0, 0.05) is 22.3 Å². The maximum absolute atomic E-state index is 12.4. The van der Waals surface area contributed by atoms with Crippen molar-refractivity contribution in [1.82, 2.24) is 4.98 Å². The summed E-state index contributed by atoms with van der Waals surface area (Å²) in [5.74, 6) is -1.44. The summed E-state index contributed by atoms with van der Waals surface area (Å²) in [7, 11) is 0. The number of hydrogen-bond donors (Lipinski definition) is 2. The Labute approximate surface area is 188 Å². The highest BCUT2D eigenvalue weighted by Crippen LogP contribution is 2.31. The molecule has 0 spiro atoms. The van der Waals surface area contributed by atoms with Gasteiger partial charge in [-0.25, -0.2) is 4.98 Å². The first-order valence-corrected chi connectivity index (χ1v) is 11.0. The lowest BCUT2D eigenvalue weighted by atomic mass is 10.1. The van der Waals surface area contributed by atoms with E-state index < -0.39 is 11.8 Å². The van der Waals surface area contributed by atoms with Crippen molar-refractivity contribution in [3.05, 3.63) is 90.5 Å². The Kier molecular flexibility index (Phi) is 5.13. The van der Waals surface area contributed by atoms with Crippen LogP contribution in [0.25, 0.3) is 31.6 Å². The van der Waals surface area contributed by atoms with E-state index >= 15 is 0 Å². The summed E-state index contributed by atoms with van der Waals surface area (Å²) in [5, 5.41) is 8.14. The molecule has 6 heteroatoms. The number of rotatable bonds is 3. The number of hydrogen-bond acceptors (Lipinski definition) is 4. The van der Waals surface area contributed by atoms with Crippen LogP contribution >= 0.6 is 11.3 Å². The molecule has 5 aromatic rings. The van der Waals surface area contributed by atoms with Crippen molar-refractivity contribution < 1.29 is 9.59 Å². The number of nitrogens with zero attached hydrogens (tertiary/aromatic N) is 1. The van der Waals surface area contributed by atoms with E-state index in [9.17, 15) is 9.59 Å². The van der Waals surface area contributed by atoms with Crippen molar-refractivity contribution in [3.8, 4) is 10.6 Å². The second-order valence-electron chi connectivity index (χ2n) is 7.50. The predicted octanol–water partition coefficient (Wildman–Crippen LogP) is 6.00. The molecule has 0 aliphatic carbocycles. The maximum Gasteiger partial charge on any atom is 0.314 e. The third-order valence-electron chi connectivity index (χ3n) is 5.18. The monoisotopic (exact) mass is 437 g/mol. The summed E-state index contributed by atoms with van der Waals surface area (Å²) in [6.45, 7) is 2.06. The Morgan fingerprint density at radius 1 is 0.812 bits per heavy atom. The first-order chi connectivity index (χ1) is 15.6. The summed E-state index contributed by atoms with van der Waals surface area (Å²) >= 11 is 1.63. The fraction of sp³-hybridized carbons (Fsp3) is 0.0385. The molecule has 2 N–H and O–H groups in total. The van der Waals surface area contributed by atoms with Gasteiger partial charge in [0.2, 0.25) is 0 Å². The van der Waals surface area contributed by atoms with E-state index in [-0.39, 0.29) is 0 Å². The Morgan fingerprint density at radius 2 is 1.56 bits per heavy atom. The van der Waals surface area contributed by atoms with E-state index in [0.717, 1.165) is 31.6 Å². The van der Waals surface area contributed by atoms with Gasteiger partial charge in [-0.05, 0) is 60.3 Å². The molecule has 5 rings (SSSR count). The molecule has 0 bridgehead atoms. The third-order valence-corrected chi connectivity index (χ3v) is 6.24. The molecule has 156 valence electrons. The van der Waals surface area contributed by atoms with Crippen LogP contribution in [0.15, 0.2) is 84.9 Å². The molecular formula is C26H19N3O2S. The van der Waals surface area contributed by atoms with Gasteiger partial charge in [0.1, 0.15) is 5.01 Å². The molecule has 0 saturated carbocycles. The number of carbonyl (C=O) groups is 2. The minimum Gasteiger partial charge on any atom is -0.318 e.